The molecule has 2 N–H and O–H groups in total. The van der Waals surface area contributed by atoms with E-state index in [1.165, 1.54) is 16.2 Å². The zero-order valence-corrected chi connectivity index (χ0v) is 19.1. The van der Waals surface area contributed by atoms with E-state index in [0.717, 1.165) is 23.2 Å². The summed E-state index contributed by atoms with van der Waals surface area (Å²) in [5.74, 6) is -0.475. The van der Waals surface area contributed by atoms with Crippen LogP contribution in [0.3, 0.4) is 0 Å². The van der Waals surface area contributed by atoms with Gasteiger partial charge in [0.2, 0.25) is 5.91 Å². The van der Waals surface area contributed by atoms with Gasteiger partial charge >= 0.3 is 0 Å². The lowest BCUT2D eigenvalue weighted by molar-refractivity contribution is -0.121. The van der Waals surface area contributed by atoms with Crippen molar-refractivity contribution in [3.8, 4) is 0 Å². The Hall–Kier alpha value is -2.90. The van der Waals surface area contributed by atoms with Crippen molar-refractivity contribution in [1.82, 2.24) is 15.2 Å². The van der Waals surface area contributed by atoms with Crippen molar-refractivity contribution in [3.05, 3.63) is 75.8 Å². The highest BCUT2D eigenvalue weighted by molar-refractivity contribution is 7.14. The van der Waals surface area contributed by atoms with Crippen LogP contribution in [-0.4, -0.2) is 34.8 Å². The van der Waals surface area contributed by atoms with E-state index in [4.69, 9.17) is 11.6 Å². The van der Waals surface area contributed by atoms with Crippen LogP contribution in [0.15, 0.2) is 53.9 Å². The highest BCUT2D eigenvalue weighted by Crippen LogP contribution is 2.26. The van der Waals surface area contributed by atoms with Crippen molar-refractivity contribution in [2.45, 2.75) is 26.8 Å². The number of aryl methyl sites for hydroxylation is 1. The summed E-state index contributed by atoms with van der Waals surface area (Å²) in [6.07, 6.45) is 0.836. The Bertz CT molecular complexity index is 1040. The highest BCUT2D eigenvalue weighted by atomic mass is 35.5. The van der Waals surface area contributed by atoms with Crippen LogP contribution in [0.5, 0.6) is 0 Å². The molecule has 0 aliphatic carbocycles. The molecule has 0 saturated carbocycles. The molecule has 0 radical (unpaired) electrons. The minimum atomic E-state index is -0.289. The lowest BCUT2D eigenvalue weighted by Gasteiger charge is -2.21. The molecule has 8 heteroatoms. The number of nitrogens with one attached hydrogen (secondary N) is 2. The van der Waals surface area contributed by atoms with Crippen molar-refractivity contribution >= 4 is 45.6 Å². The van der Waals surface area contributed by atoms with Crippen molar-refractivity contribution in [2.75, 3.05) is 18.4 Å². The number of carbonyl (C=O) groups is 2. The van der Waals surface area contributed by atoms with Gasteiger partial charge in [-0.1, -0.05) is 54.9 Å². The molecule has 1 heterocycles. The summed E-state index contributed by atoms with van der Waals surface area (Å²) in [5, 5.41) is 8.95. The Morgan fingerprint density at radius 3 is 2.68 bits per heavy atom. The third kappa shape index (κ3) is 6.54. The van der Waals surface area contributed by atoms with E-state index in [2.05, 4.69) is 15.6 Å². The maximum atomic E-state index is 13.2. The smallest absolute Gasteiger partial charge is 0.274 e. The molecule has 0 bridgehead atoms. The van der Waals surface area contributed by atoms with Crippen LogP contribution in [0, 0.1) is 6.92 Å². The lowest BCUT2D eigenvalue weighted by Crippen LogP contribution is -2.40. The van der Waals surface area contributed by atoms with Crippen LogP contribution >= 0.6 is 22.9 Å². The summed E-state index contributed by atoms with van der Waals surface area (Å²) in [5.41, 5.74) is 3.10. The number of nitrogens with zero attached hydrogens (tertiary/aromatic N) is 2. The van der Waals surface area contributed by atoms with Crippen LogP contribution in [0.2, 0.25) is 5.02 Å². The number of rotatable bonds is 9. The second-order valence-corrected chi connectivity index (χ2v) is 8.41. The van der Waals surface area contributed by atoms with Crippen molar-refractivity contribution in [3.63, 3.8) is 0 Å². The molecule has 31 heavy (non-hydrogen) atoms. The Labute approximate surface area is 191 Å². The summed E-state index contributed by atoms with van der Waals surface area (Å²) in [4.78, 5) is 31.5. The number of benzene rings is 2. The number of carbonyl (C=O) groups excluding carboxylic acids is 2. The molecule has 0 fully saturated rings. The van der Waals surface area contributed by atoms with Gasteiger partial charge in [-0.05, 0) is 36.6 Å². The van der Waals surface area contributed by atoms with Gasteiger partial charge in [0, 0.05) is 29.2 Å². The normalized spacial score (nSPS) is 10.5. The van der Waals surface area contributed by atoms with Gasteiger partial charge in [0.15, 0.2) is 5.13 Å². The topological polar surface area (TPSA) is 74.3 Å². The molecule has 3 aromatic rings. The number of halogens is 1. The third-order valence-electron chi connectivity index (χ3n) is 4.57. The van der Waals surface area contributed by atoms with E-state index in [0.29, 0.717) is 28.9 Å². The average Bonchev–Trinajstić information content (AvgIpc) is 3.23. The van der Waals surface area contributed by atoms with E-state index in [1.807, 2.05) is 62.4 Å². The molecule has 0 aliphatic heterocycles. The number of hydrogen-bond acceptors (Lipinski definition) is 5. The first-order valence-corrected chi connectivity index (χ1v) is 11.3. The van der Waals surface area contributed by atoms with Crippen LogP contribution in [0.25, 0.3) is 0 Å². The standard InChI is InChI=1S/C23H25ClN4O2S/c1-3-11-25-21(29)14-28(13-17-7-5-4-6-8-17)22(30)20-15-31-23(27-20)26-19-12-18(24)10-9-16(19)2/h4-10,12,15H,3,11,13-14H2,1-2H3,(H,25,29)(H,26,27). The Morgan fingerprint density at radius 1 is 1.16 bits per heavy atom. The van der Waals surface area contributed by atoms with Gasteiger partial charge in [0.25, 0.3) is 5.91 Å². The summed E-state index contributed by atoms with van der Waals surface area (Å²) < 4.78 is 0. The fourth-order valence-corrected chi connectivity index (χ4v) is 3.80. The van der Waals surface area contributed by atoms with Gasteiger partial charge in [-0.15, -0.1) is 11.3 Å². The van der Waals surface area contributed by atoms with Crippen LogP contribution < -0.4 is 10.6 Å². The minimum absolute atomic E-state index is 0.0264. The largest absolute Gasteiger partial charge is 0.355 e. The van der Waals surface area contributed by atoms with E-state index >= 15 is 0 Å². The van der Waals surface area contributed by atoms with E-state index in [1.54, 1.807) is 5.38 Å². The van der Waals surface area contributed by atoms with E-state index in [9.17, 15) is 9.59 Å². The maximum absolute atomic E-state index is 13.2. The molecule has 162 valence electrons. The van der Waals surface area contributed by atoms with Crippen LogP contribution in [0.1, 0.15) is 35.0 Å². The highest BCUT2D eigenvalue weighted by Gasteiger charge is 2.22. The van der Waals surface area contributed by atoms with Gasteiger partial charge in [-0.25, -0.2) is 4.98 Å². The second-order valence-electron chi connectivity index (χ2n) is 7.12. The Kier molecular flexibility index (Phi) is 8.03. The van der Waals surface area contributed by atoms with Gasteiger partial charge in [0.05, 0.1) is 0 Å². The third-order valence-corrected chi connectivity index (χ3v) is 5.57. The first kappa shape index (κ1) is 22.8. The molecule has 0 aliphatic rings. The maximum Gasteiger partial charge on any atom is 0.274 e. The fraction of sp³-hybridized carbons (Fsp3) is 0.261. The number of aromatic nitrogens is 1. The second kappa shape index (κ2) is 10.9. The zero-order chi connectivity index (χ0) is 22.2. The Morgan fingerprint density at radius 2 is 1.94 bits per heavy atom. The van der Waals surface area contributed by atoms with Crippen molar-refractivity contribution in [2.24, 2.45) is 0 Å². The van der Waals surface area contributed by atoms with Crippen molar-refractivity contribution < 1.29 is 9.59 Å². The first-order valence-electron chi connectivity index (χ1n) is 10.0. The molecule has 2 amide bonds. The first-order chi connectivity index (χ1) is 15.0. The molecule has 3 rings (SSSR count). The Balaban J connectivity index is 1.76. The van der Waals surface area contributed by atoms with Gasteiger partial charge in [0.1, 0.15) is 12.2 Å². The molecule has 6 nitrogen and oxygen atoms in total. The molecule has 0 atom stereocenters. The molecule has 0 unspecified atom stereocenters. The summed E-state index contributed by atoms with van der Waals surface area (Å²) in [7, 11) is 0. The summed E-state index contributed by atoms with van der Waals surface area (Å²) in [6, 6.07) is 15.2. The van der Waals surface area contributed by atoms with Crippen LogP contribution in [0.4, 0.5) is 10.8 Å². The summed E-state index contributed by atoms with van der Waals surface area (Å²) in [6.45, 7) is 4.83. The lowest BCUT2D eigenvalue weighted by atomic mass is 10.2. The molecule has 1 aromatic heterocycles. The van der Waals surface area contributed by atoms with E-state index in [-0.39, 0.29) is 18.4 Å². The fourth-order valence-electron chi connectivity index (χ4n) is 2.93. The zero-order valence-electron chi connectivity index (χ0n) is 17.5. The molecule has 2 aromatic carbocycles. The number of hydrogen-bond donors (Lipinski definition) is 2. The number of thiazole rings is 1. The monoisotopic (exact) mass is 456 g/mol. The molecular formula is C23H25ClN4O2S. The molecule has 0 spiro atoms. The average molecular weight is 457 g/mol. The van der Waals surface area contributed by atoms with Crippen molar-refractivity contribution in [1.29, 1.82) is 0 Å². The summed E-state index contributed by atoms with van der Waals surface area (Å²) >= 11 is 7.42. The van der Waals surface area contributed by atoms with E-state index < -0.39 is 0 Å². The minimum Gasteiger partial charge on any atom is -0.355 e. The van der Waals surface area contributed by atoms with Gasteiger partial charge in [-0.2, -0.15) is 0 Å². The quantitative estimate of drug-likeness (QED) is 0.474. The predicted octanol–water partition coefficient (Wildman–Crippen LogP) is 5.02. The molecular weight excluding hydrogens is 432 g/mol. The van der Waals surface area contributed by atoms with Crippen LogP contribution in [-0.2, 0) is 11.3 Å². The van der Waals surface area contributed by atoms with Gasteiger partial charge in [-0.3, -0.25) is 9.59 Å². The number of amides is 2. The van der Waals surface area contributed by atoms with Gasteiger partial charge < -0.3 is 15.5 Å². The predicted molar refractivity (Wildman–Crippen MR) is 126 cm³/mol. The molecule has 0 saturated heterocycles. The number of anilines is 2. The SMILES string of the molecule is CCCNC(=O)CN(Cc1ccccc1)C(=O)c1csc(Nc2cc(Cl)ccc2C)n1.